The molecule has 8 heteroatoms. The fraction of sp³-hybridized carbons (Fsp3) is 0.700. The fourth-order valence-corrected chi connectivity index (χ4v) is 4.71. The van der Waals surface area contributed by atoms with E-state index in [1.165, 1.54) is 11.3 Å². The molecule has 7 nitrogen and oxygen atoms in total. The molecule has 154 valence electrons. The molecule has 0 radical (unpaired) electrons. The van der Waals surface area contributed by atoms with E-state index in [1.807, 2.05) is 39.5 Å². The third-order valence-electron chi connectivity index (χ3n) is 5.20. The van der Waals surface area contributed by atoms with Gasteiger partial charge >= 0.3 is 0 Å². The van der Waals surface area contributed by atoms with Crippen LogP contribution in [0.1, 0.15) is 58.0 Å². The Hall–Kier alpha value is -1.96. The largest absolute Gasteiger partial charge is 0.337 e. The summed E-state index contributed by atoms with van der Waals surface area (Å²) in [6.07, 6.45) is 1.51. The zero-order valence-corrected chi connectivity index (χ0v) is 18.2. The maximum atomic E-state index is 12.7. The van der Waals surface area contributed by atoms with Crippen LogP contribution in [0.25, 0.3) is 0 Å². The lowest BCUT2D eigenvalue weighted by Crippen LogP contribution is -2.42. The second-order valence-corrected chi connectivity index (χ2v) is 10.2. The van der Waals surface area contributed by atoms with Crippen LogP contribution in [0.3, 0.4) is 0 Å². The third kappa shape index (κ3) is 4.54. The molecular formula is C20H30N4O3S. The molecule has 1 atom stereocenters. The van der Waals surface area contributed by atoms with Crippen LogP contribution in [0.2, 0.25) is 0 Å². The van der Waals surface area contributed by atoms with Gasteiger partial charge in [-0.15, -0.1) is 0 Å². The molecule has 28 heavy (non-hydrogen) atoms. The molecule has 3 heterocycles. The minimum Gasteiger partial charge on any atom is -0.337 e. The highest BCUT2D eigenvalue weighted by molar-refractivity contribution is 7.15. The number of thiazole rings is 1. The van der Waals surface area contributed by atoms with E-state index in [1.54, 1.807) is 4.90 Å². The van der Waals surface area contributed by atoms with Gasteiger partial charge in [0, 0.05) is 42.8 Å². The maximum absolute atomic E-state index is 12.7. The van der Waals surface area contributed by atoms with Crippen LogP contribution >= 0.6 is 11.3 Å². The topological polar surface area (TPSA) is 82.6 Å². The fourth-order valence-electron chi connectivity index (χ4n) is 3.68. The Labute approximate surface area is 170 Å². The lowest BCUT2D eigenvalue weighted by molar-refractivity contribution is -0.133. The zero-order chi connectivity index (χ0) is 20.6. The van der Waals surface area contributed by atoms with Crippen molar-refractivity contribution in [1.29, 1.82) is 0 Å². The number of amides is 3. The first-order valence-corrected chi connectivity index (χ1v) is 10.7. The van der Waals surface area contributed by atoms with Crippen molar-refractivity contribution in [2.24, 2.45) is 11.8 Å². The van der Waals surface area contributed by atoms with Gasteiger partial charge in [-0.25, -0.2) is 4.98 Å². The molecule has 2 aliphatic heterocycles. The van der Waals surface area contributed by atoms with Gasteiger partial charge in [0.15, 0.2) is 5.13 Å². The number of rotatable bonds is 4. The van der Waals surface area contributed by atoms with Gasteiger partial charge in [0.2, 0.25) is 17.7 Å². The van der Waals surface area contributed by atoms with Gasteiger partial charge in [0.1, 0.15) is 0 Å². The van der Waals surface area contributed by atoms with E-state index >= 15 is 0 Å². The Balaban J connectivity index is 1.62. The Kier molecular flexibility index (Phi) is 5.79. The highest BCUT2D eigenvalue weighted by atomic mass is 32.1. The van der Waals surface area contributed by atoms with Crippen LogP contribution in [-0.2, 0) is 27.3 Å². The molecule has 1 aromatic heterocycles. The molecule has 1 saturated heterocycles. The summed E-state index contributed by atoms with van der Waals surface area (Å²) in [4.78, 5) is 46.4. The monoisotopic (exact) mass is 406 g/mol. The van der Waals surface area contributed by atoms with Crippen LogP contribution in [0.15, 0.2) is 0 Å². The number of fused-ring (bicyclic) bond motifs is 1. The molecule has 1 fully saturated rings. The number of aromatic nitrogens is 1. The molecule has 3 amide bonds. The second-order valence-electron chi connectivity index (χ2n) is 9.12. The first-order valence-electron chi connectivity index (χ1n) is 9.92. The van der Waals surface area contributed by atoms with Crippen LogP contribution in [0, 0.1) is 11.8 Å². The normalized spacial score (nSPS) is 19.9. The van der Waals surface area contributed by atoms with E-state index in [9.17, 15) is 14.4 Å². The van der Waals surface area contributed by atoms with Crippen molar-refractivity contribution in [1.82, 2.24) is 14.8 Å². The van der Waals surface area contributed by atoms with Crippen molar-refractivity contribution < 1.29 is 14.4 Å². The average molecular weight is 407 g/mol. The van der Waals surface area contributed by atoms with Gasteiger partial charge in [0.25, 0.3) is 0 Å². The Morgan fingerprint density at radius 3 is 2.64 bits per heavy atom. The highest BCUT2D eigenvalue weighted by Crippen LogP contribution is 2.31. The van der Waals surface area contributed by atoms with E-state index in [2.05, 4.69) is 10.3 Å². The van der Waals surface area contributed by atoms with Crippen LogP contribution in [0.4, 0.5) is 5.13 Å². The predicted octanol–water partition coefficient (Wildman–Crippen LogP) is 2.66. The summed E-state index contributed by atoms with van der Waals surface area (Å²) in [6.45, 7) is 11.7. The number of carbonyl (C=O) groups excluding carboxylic acids is 3. The van der Waals surface area contributed by atoms with Crippen LogP contribution < -0.4 is 5.32 Å². The first-order chi connectivity index (χ1) is 13.0. The molecule has 0 aliphatic carbocycles. The summed E-state index contributed by atoms with van der Waals surface area (Å²) in [7, 11) is 0. The number of nitrogens with one attached hydrogen (secondary N) is 1. The summed E-state index contributed by atoms with van der Waals surface area (Å²) in [5, 5.41) is 3.46. The number of carbonyl (C=O) groups is 3. The molecule has 1 unspecified atom stereocenters. The first kappa shape index (κ1) is 20.8. The summed E-state index contributed by atoms with van der Waals surface area (Å²) < 4.78 is 0. The standard InChI is InChI=1S/C20H30N4O3S/c1-12(2)8-16(25)23-7-6-14-15(11-23)28-19(21-14)22-18(27)13-9-17(26)24(10-13)20(3,4)5/h12-13H,6-11H2,1-5H3,(H,21,22,27). The van der Waals surface area contributed by atoms with E-state index in [-0.39, 0.29) is 35.6 Å². The quantitative estimate of drug-likeness (QED) is 0.833. The zero-order valence-electron chi connectivity index (χ0n) is 17.4. The number of nitrogens with zero attached hydrogens (tertiary/aromatic N) is 3. The summed E-state index contributed by atoms with van der Waals surface area (Å²) in [5.41, 5.74) is 0.686. The molecule has 1 aromatic rings. The van der Waals surface area contributed by atoms with Crippen molar-refractivity contribution in [2.45, 2.75) is 66.0 Å². The van der Waals surface area contributed by atoms with Gasteiger partial charge in [-0.2, -0.15) is 0 Å². The van der Waals surface area contributed by atoms with Gasteiger partial charge in [-0.05, 0) is 26.7 Å². The Morgan fingerprint density at radius 1 is 1.32 bits per heavy atom. The maximum Gasteiger partial charge on any atom is 0.231 e. The SMILES string of the molecule is CC(C)CC(=O)N1CCc2nc(NC(=O)C3CC(=O)N(C(C)(C)C)C3)sc2C1. The summed E-state index contributed by atoms with van der Waals surface area (Å²) >= 11 is 1.43. The highest BCUT2D eigenvalue weighted by Gasteiger charge is 2.39. The van der Waals surface area contributed by atoms with Gasteiger partial charge in [0.05, 0.1) is 18.2 Å². The predicted molar refractivity (Wildman–Crippen MR) is 109 cm³/mol. The van der Waals surface area contributed by atoms with E-state index in [4.69, 9.17) is 0 Å². The third-order valence-corrected chi connectivity index (χ3v) is 6.20. The van der Waals surface area contributed by atoms with Gasteiger partial charge in [-0.1, -0.05) is 25.2 Å². The van der Waals surface area contributed by atoms with Crippen molar-refractivity contribution in [2.75, 3.05) is 18.4 Å². The van der Waals surface area contributed by atoms with Crippen LogP contribution in [-0.4, -0.2) is 51.1 Å². The van der Waals surface area contributed by atoms with Gasteiger partial charge in [-0.3, -0.25) is 14.4 Å². The van der Waals surface area contributed by atoms with Gasteiger partial charge < -0.3 is 15.1 Å². The Morgan fingerprint density at radius 2 is 2.04 bits per heavy atom. The number of hydrogen-bond acceptors (Lipinski definition) is 5. The van der Waals surface area contributed by atoms with Crippen molar-refractivity contribution in [3.05, 3.63) is 10.6 Å². The van der Waals surface area contributed by atoms with Crippen molar-refractivity contribution >= 4 is 34.2 Å². The molecule has 0 bridgehead atoms. The molecule has 0 spiro atoms. The molecule has 0 aromatic carbocycles. The number of anilines is 1. The second kappa shape index (κ2) is 7.81. The smallest absolute Gasteiger partial charge is 0.231 e. The van der Waals surface area contributed by atoms with Crippen LogP contribution in [0.5, 0.6) is 0 Å². The Bertz CT molecular complexity index is 781. The molecular weight excluding hydrogens is 376 g/mol. The van der Waals surface area contributed by atoms with E-state index in [0.29, 0.717) is 43.5 Å². The summed E-state index contributed by atoms with van der Waals surface area (Å²) in [5.74, 6) is 0.0273. The summed E-state index contributed by atoms with van der Waals surface area (Å²) in [6, 6.07) is 0. The molecule has 3 rings (SSSR count). The number of hydrogen-bond donors (Lipinski definition) is 1. The average Bonchev–Trinajstić information content (AvgIpc) is 3.15. The number of likely N-dealkylation sites (tertiary alicyclic amines) is 1. The molecule has 2 aliphatic rings. The van der Waals surface area contributed by atoms with E-state index in [0.717, 1.165) is 10.6 Å². The molecule has 1 N–H and O–H groups in total. The van der Waals surface area contributed by atoms with Crippen molar-refractivity contribution in [3.63, 3.8) is 0 Å². The lowest BCUT2D eigenvalue weighted by Gasteiger charge is -2.31. The van der Waals surface area contributed by atoms with E-state index < -0.39 is 0 Å². The van der Waals surface area contributed by atoms with Crippen molar-refractivity contribution in [3.8, 4) is 0 Å². The minimum absolute atomic E-state index is 0.0189. The molecule has 0 saturated carbocycles. The lowest BCUT2D eigenvalue weighted by atomic mass is 10.1. The minimum atomic E-state index is -0.350.